The van der Waals surface area contributed by atoms with Crippen LogP contribution in [-0.2, 0) is 32.2 Å². The number of nitrogens with zero attached hydrogens (tertiary/aromatic N) is 3. The number of amides is 2. The number of nitrogens with one attached hydrogen (secondary N) is 1. The fraction of sp³-hybridized carbons (Fsp3) is 0.375. The molecule has 3 aromatic carbocycles. The Balaban J connectivity index is 1.28. The highest BCUT2D eigenvalue weighted by molar-refractivity contribution is 7.89. The molecule has 3 aromatic rings. The summed E-state index contributed by atoms with van der Waals surface area (Å²) in [6.45, 7) is 0.0820. The van der Waals surface area contributed by atoms with Gasteiger partial charge in [0.05, 0.1) is 31.3 Å². The number of alkyl halides is 3. The Morgan fingerprint density at radius 1 is 0.935 bits per heavy atom. The van der Waals surface area contributed by atoms with E-state index in [1.807, 2.05) is 47.4 Å². The molecular weight excluding hydrogens is 625 g/mol. The summed E-state index contributed by atoms with van der Waals surface area (Å²) in [7, 11) is -1.16. The molecule has 0 radical (unpaired) electrons. The summed E-state index contributed by atoms with van der Waals surface area (Å²) in [6.07, 6.45) is -3.98. The molecule has 0 unspecified atom stereocenters. The van der Waals surface area contributed by atoms with Crippen molar-refractivity contribution in [2.75, 3.05) is 52.0 Å². The van der Waals surface area contributed by atoms with Crippen molar-refractivity contribution in [3.63, 3.8) is 0 Å². The molecule has 2 fully saturated rings. The number of benzene rings is 3. The van der Waals surface area contributed by atoms with E-state index in [2.05, 4.69) is 5.32 Å². The summed E-state index contributed by atoms with van der Waals surface area (Å²) in [4.78, 5) is 29.9. The Morgan fingerprint density at radius 2 is 1.63 bits per heavy atom. The third-order valence-electron chi connectivity index (χ3n) is 8.45. The summed E-state index contributed by atoms with van der Waals surface area (Å²) in [5, 5.41) is 2.86. The number of halogens is 3. The van der Waals surface area contributed by atoms with Crippen LogP contribution in [0.4, 0.5) is 18.9 Å². The van der Waals surface area contributed by atoms with E-state index in [9.17, 15) is 31.2 Å². The molecule has 0 bridgehead atoms. The van der Waals surface area contributed by atoms with Crippen molar-refractivity contribution in [3.05, 3.63) is 83.9 Å². The minimum absolute atomic E-state index is 0.0843. The van der Waals surface area contributed by atoms with Crippen LogP contribution in [0.3, 0.4) is 0 Å². The Labute approximate surface area is 265 Å². The van der Waals surface area contributed by atoms with Crippen molar-refractivity contribution in [2.24, 2.45) is 0 Å². The summed E-state index contributed by atoms with van der Waals surface area (Å²) in [5.41, 5.74) is -0.514. The van der Waals surface area contributed by atoms with Crippen molar-refractivity contribution < 1.29 is 40.7 Å². The molecule has 2 aliphatic heterocycles. The van der Waals surface area contributed by atoms with Gasteiger partial charge in [0.1, 0.15) is 12.1 Å². The number of piperidine rings is 1. The molecule has 14 heteroatoms. The zero-order chi connectivity index (χ0) is 33.1. The van der Waals surface area contributed by atoms with Crippen LogP contribution in [0, 0.1) is 0 Å². The van der Waals surface area contributed by atoms with Crippen LogP contribution in [0.1, 0.15) is 24.0 Å². The topological polar surface area (TPSA) is 108 Å². The van der Waals surface area contributed by atoms with Gasteiger partial charge in [0.25, 0.3) is 0 Å². The standard InChI is InChI=1S/C32H35F3N4O6S/c1-44-27-12-11-23(19-28(27)45-2)13-16-36-29(40)21-37-22-39(25-8-4-3-5-9-25)31(30(37)41)14-17-38(18-15-31)46(42,43)26-10-6-7-24(20-26)32(33,34)35/h3-12,19-20H,13-18,21-22H2,1-2H3,(H,36,40). The van der Waals surface area contributed by atoms with Gasteiger partial charge < -0.3 is 24.6 Å². The van der Waals surface area contributed by atoms with E-state index in [1.54, 1.807) is 20.3 Å². The Morgan fingerprint density at radius 3 is 2.28 bits per heavy atom. The minimum Gasteiger partial charge on any atom is -0.493 e. The van der Waals surface area contributed by atoms with E-state index >= 15 is 0 Å². The molecule has 2 heterocycles. The lowest BCUT2D eigenvalue weighted by Crippen LogP contribution is -2.57. The number of carbonyl (C=O) groups is 2. The molecule has 0 aliphatic carbocycles. The Bertz CT molecular complexity index is 1680. The first-order valence-corrected chi connectivity index (χ1v) is 16.1. The third kappa shape index (κ3) is 6.63. The highest BCUT2D eigenvalue weighted by atomic mass is 32.2. The second-order valence-corrected chi connectivity index (χ2v) is 13.1. The van der Waals surface area contributed by atoms with Crippen molar-refractivity contribution in [1.29, 1.82) is 0 Å². The maximum atomic E-state index is 14.0. The molecule has 10 nitrogen and oxygen atoms in total. The molecule has 46 heavy (non-hydrogen) atoms. The van der Waals surface area contributed by atoms with Gasteiger partial charge in [0.15, 0.2) is 11.5 Å². The van der Waals surface area contributed by atoms with Gasteiger partial charge in [-0.25, -0.2) is 8.42 Å². The van der Waals surface area contributed by atoms with Gasteiger partial charge >= 0.3 is 6.18 Å². The SMILES string of the molecule is COc1ccc(CCNC(=O)CN2CN(c3ccccc3)C3(CCN(S(=O)(=O)c4cccc(C(F)(F)F)c4)CC3)C2=O)cc1OC. The summed E-state index contributed by atoms with van der Waals surface area (Å²) >= 11 is 0. The quantitative estimate of drug-likeness (QED) is 0.352. The van der Waals surface area contributed by atoms with E-state index < -0.39 is 32.2 Å². The highest BCUT2D eigenvalue weighted by Gasteiger charge is 2.55. The number of sulfonamides is 1. The molecular formula is C32H35F3N4O6S. The first-order chi connectivity index (χ1) is 21.9. The third-order valence-corrected chi connectivity index (χ3v) is 10.3. The van der Waals surface area contributed by atoms with Gasteiger partial charge in [0, 0.05) is 25.3 Å². The van der Waals surface area contributed by atoms with Crippen molar-refractivity contribution in [2.45, 2.75) is 35.9 Å². The van der Waals surface area contributed by atoms with Gasteiger partial charge in [-0.15, -0.1) is 0 Å². The summed E-state index contributed by atoms with van der Waals surface area (Å²) in [5.74, 6) is 0.527. The number of anilines is 1. The van der Waals surface area contributed by atoms with Gasteiger partial charge in [-0.05, 0) is 67.3 Å². The van der Waals surface area contributed by atoms with Crippen LogP contribution >= 0.6 is 0 Å². The molecule has 0 atom stereocenters. The van der Waals surface area contributed by atoms with Crippen molar-refractivity contribution in [3.8, 4) is 11.5 Å². The van der Waals surface area contributed by atoms with Crippen LogP contribution in [0.5, 0.6) is 11.5 Å². The lowest BCUT2D eigenvalue weighted by Gasteiger charge is -2.42. The lowest BCUT2D eigenvalue weighted by molar-refractivity contribution is -0.137. The summed E-state index contributed by atoms with van der Waals surface area (Å²) in [6, 6.07) is 18.3. The second kappa shape index (κ2) is 13.2. The molecule has 2 saturated heterocycles. The van der Waals surface area contributed by atoms with Gasteiger partial charge in [0.2, 0.25) is 21.8 Å². The van der Waals surface area contributed by atoms with Crippen LogP contribution in [0.15, 0.2) is 77.7 Å². The average molecular weight is 661 g/mol. The number of carbonyl (C=O) groups excluding carboxylic acids is 2. The van der Waals surface area contributed by atoms with E-state index in [0.29, 0.717) is 30.5 Å². The molecule has 1 N–H and O–H groups in total. The van der Waals surface area contributed by atoms with E-state index in [4.69, 9.17) is 9.47 Å². The largest absolute Gasteiger partial charge is 0.493 e. The Hall–Kier alpha value is -4.30. The zero-order valence-electron chi connectivity index (χ0n) is 25.4. The number of rotatable bonds is 10. The number of methoxy groups -OCH3 is 2. The van der Waals surface area contributed by atoms with E-state index in [-0.39, 0.29) is 51.0 Å². The monoisotopic (exact) mass is 660 g/mol. The maximum absolute atomic E-state index is 14.0. The fourth-order valence-corrected chi connectivity index (χ4v) is 7.50. The first kappa shape index (κ1) is 33.1. The van der Waals surface area contributed by atoms with Crippen LogP contribution < -0.4 is 19.7 Å². The van der Waals surface area contributed by atoms with Crippen LogP contribution in [0.2, 0.25) is 0 Å². The predicted molar refractivity (Wildman–Crippen MR) is 164 cm³/mol. The molecule has 0 aromatic heterocycles. The van der Waals surface area contributed by atoms with Crippen molar-refractivity contribution >= 4 is 27.5 Å². The second-order valence-electron chi connectivity index (χ2n) is 11.2. The molecule has 0 saturated carbocycles. The molecule has 2 amide bonds. The number of hydrogen-bond acceptors (Lipinski definition) is 7. The van der Waals surface area contributed by atoms with E-state index in [1.165, 1.54) is 4.90 Å². The normalized spacial score (nSPS) is 16.9. The fourth-order valence-electron chi connectivity index (χ4n) is 6.01. The molecule has 2 aliphatic rings. The van der Waals surface area contributed by atoms with Gasteiger partial charge in [-0.3, -0.25) is 9.59 Å². The maximum Gasteiger partial charge on any atom is 0.416 e. The summed E-state index contributed by atoms with van der Waals surface area (Å²) < 4.78 is 78.3. The number of para-hydroxylation sites is 1. The first-order valence-electron chi connectivity index (χ1n) is 14.7. The minimum atomic E-state index is -4.69. The molecule has 5 rings (SSSR count). The van der Waals surface area contributed by atoms with E-state index in [0.717, 1.165) is 33.8 Å². The molecule has 1 spiro atoms. The highest BCUT2D eigenvalue weighted by Crippen LogP contribution is 2.41. The number of ether oxygens (including phenoxy) is 2. The lowest BCUT2D eigenvalue weighted by atomic mass is 9.86. The zero-order valence-corrected chi connectivity index (χ0v) is 26.2. The average Bonchev–Trinajstić information content (AvgIpc) is 3.30. The van der Waals surface area contributed by atoms with Crippen LogP contribution in [0.25, 0.3) is 0 Å². The smallest absolute Gasteiger partial charge is 0.416 e. The van der Waals surface area contributed by atoms with Crippen molar-refractivity contribution in [1.82, 2.24) is 14.5 Å². The van der Waals surface area contributed by atoms with Crippen LogP contribution in [-0.4, -0.2) is 82.0 Å². The van der Waals surface area contributed by atoms with Gasteiger partial charge in [-0.2, -0.15) is 17.5 Å². The Kier molecular flexibility index (Phi) is 9.49. The van der Waals surface area contributed by atoms with Gasteiger partial charge in [-0.1, -0.05) is 30.3 Å². The number of hydrogen-bond donors (Lipinski definition) is 1. The predicted octanol–water partition coefficient (Wildman–Crippen LogP) is 3.91. The molecule has 246 valence electrons.